The summed E-state index contributed by atoms with van der Waals surface area (Å²) in [6.07, 6.45) is 3.18. The molecule has 1 aliphatic heterocycles. The Kier molecular flexibility index (Phi) is 5.58. The van der Waals surface area contributed by atoms with Gasteiger partial charge in [0.2, 0.25) is 0 Å². The fourth-order valence-electron chi connectivity index (χ4n) is 2.34. The summed E-state index contributed by atoms with van der Waals surface area (Å²) in [5.74, 6) is 0. The summed E-state index contributed by atoms with van der Waals surface area (Å²) in [4.78, 5) is 4.98. The molecular formula is C12H26N2O. The largest absolute Gasteiger partial charge is 0.393 e. The zero-order valence-corrected chi connectivity index (χ0v) is 10.4. The summed E-state index contributed by atoms with van der Waals surface area (Å²) in [5, 5.41) is 9.22. The molecule has 0 amide bonds. The average Bonchev–Trinajstić information content (AvgIpc) is 2.28. The zero-order chi connectivity index (χ0) is 11.3. The predicted octanol–water partition coefficient (Wildman–Crippen LogP) is 1.17. The van der Waals surface area contributed by atoms with Crippen LogP contribution in [0.2, 0.25) is 0 Å². The van der Waals surface area contributed by atoms with Gasteiger partial charge in [-0.25, -0.2) is 0 Å². The first kappa shape index (κ1) is 12.9. The van der Waals surface area contributed by atoms with Gasteiger partial charge in [0.05, 0.1) is 6.10 Å². The average molecular weight is 214 g/mol. The summed E-state index contributed by atoms with van der Waals surface area (Å²) >= 11 is 0. The molecule has 0 bridgehead atoms. The number of likely N-dealkylation sites (N-methyl/N-ethyl adjacent to an activating group) is 1. The second-order valence-electron chi connectivity index (χ2n) is 4.99. The van der Waals surface area contributed by atoms with E-state index in [0.29, 0.717) is 6.04 Å². The summed E-state index contributed by atoms with van der Waals surface area (Å²) in [5.41, 5.74) is 0. The number of hydrogen-bond acceptors (Lipinski definition) is 3. The van der Waals surface area contributed by atoms with Gasteiger partial charge < -0.3 is 10.0 Å². The maximum atomic E-state index is 9.22. The van der Waals surface area contributed by atoms with Crippen molar-refractivity contribution >= 4 is 0 Å². The Bertz CT molecular complexity index is 173. The molecule has 2 atom stereocenters. The van der Waals surface area contributed by atoms with Crippen LogP contribution in [0, 0.1) is 0 Å². The van der Waals surface area contributed by atoms with Gasteiger partial charge in [-0.2, -0.15) is 0 Å². The van der Waals surface area contributed by atoms with Crippen molar-refractivity contribution in [2.75, 3.05) is 33.2 Å². The van der Waals surface area contributed by atoms with Gasteiger partial charge in [-0.15, -0.1) is 0 Å². The van der Waals surface area contributed by atoms with Crippen LogP contribution < -0.4 is 0 Å². The van der Waals surface area contributed by atoms with Crippen molar-refractivity contribution in [2.45, 2.75) is 45.3 Å². The van der Waals surface area contributed by atoms with Crippen molar-refractivity contribution in [2.24, 2.45) is 0 Å². The molecule has 0 aromatic carbocycles. The lowest BCUT2D eigenvalue weighted by molar-refractivity contribution is 0.158. The molecule has 1 N–H and O–H groups in total. The second-order valence-corrected chi connectivity index (χ2v) is 4.99. The maximum absolute atomic E-state index is 9.22. The summed E-state index contributed by atoms with van der Waals surface area (Å²) < 4.78 is 0. The van der Waals surface area contributed by atoms with E-state index in [1.54, 1.807) is 0 Å². The Labute approximate surface area is 94.1 Å². The topological polar surface area (TPSA) is 26.7 Å². The van der Waals surface area contributed by atoms with Gasteiger partial charge in [0.1, 0.15) is 0 Å². The van der Waals surface area contributed by atoms with Gasteiger partial charge in [-0.3, -0.25) is 4.90 Å². The first-order chi connectivity index (χ1) is 7.09. The molecule has 1 heterocycles. The smallest absolute Gasteiger partial charge is 0.0512 e. The normalized spacial score (nSPS) is 27.6. The number of aliphatic hydroxyl groups excluding tert-OH is 1. The van der Waals surface area contributed by atoms with Crippen molar-refractivity contribution in [1.82, 2.24) is 9.80 Å². The molecule has 0 saturated carbocycles. The van der Waals surface area contributed by atoms with Gasteiger partial charge in [-0.05, 0) is 59.8 Å². The number of nitrogens with zero attached hydrogens (tertiary/aromatic N) is 2. The van der Waals surface area contributed by atoms with Crippen molar-refractivity contribution < 1.29 is 5.11 Å². The molecule has 1 fully saturated rings. The molecule has 3 nitrogen and oxygen atoms in total. The molecule has 0 aliphatic carbocycles. The maximum Gasteiger partial charge on any atom is 0.0512 e. The van der Waals surface area contributed by atoms with E-state index in [1.165, 1.54) is 26.1 Å². The highest BCUT2D eigenvalue weighted by Gasteiger charge is 2.18. The number of hydrogen-bond donors (Lipinski definition) is 1. The number of aliphatic hydroxyl groups is 1. The first-order valence-corrected chi connectivity index (χ1v) is 6.20. The Hall–Kier alpha value is -0.120. The van der Waals surface area contributed by atoms with Crippen LogP contribution in [0.5, 0.6) is 0 Å². The van der Waals surface area contributed by atoms with Crippen LogP contribution in [0.1, 0.15) is 33.1 Å². The molecule has 15 heavy (non-hydrogen) atoms. The summed E-state index contributed by atoms with van der Waals surface area (Å²) in [6, 6.07) is 0.659. The van der Waals surface area contributed by atoms with Crippen LogP contribution in [0.3, 0.4) is 0 Å². The van der Waals surface area contributed by atoms with E-state index in [9.17, 15) is 5.11 Å². The van der Waals surface area contributed by atoms with E-state index in [4.69, 9.17) is 0 Å². The monoisotopic (exact) mass is 214 g/mol. The molecule has 0 radical (unpaired) electrons. The third-order valence-corrected chi connectivity index (χ3v) is 3.25. The highest BCUT2D eigenvalue weighted by atomic mass is 16.3. The fourth-order valence-corrected chi connectivity index (χ4v) is 2.34. The van der Waals surface area contributed by atoms with E-state index >= 15 is 0 Å². The van der Waals surface area contributed by atoms with Crippen molar-refractivity contribution in [3.05, 3.63) is 0 Å². The molecular weight excluding hydrogens is 188 g/mol. The van der Waals surface area contributed by atoms with E-state index in [0.717, 1.165) is 19.4 Å². The molecule has 0 aromatic rings. The van der Waals surface area contributed by atoms with E-state index in [2.05, 4.69) is 23.8 Å². The van der Waals surface area contributed by atoms with Gasteiger partial charge in [0, 0.05) is 12.6 Å². The lowest BCUT2D eigenvalue weighted by Crippen LogP contribution is -2.38. The predicted molar refractivity (Wildman–Crippen MR) is 64.1 cm³/mol. The fraction of sp³-hybridized carbons (Fsp3) is 1.00. The number of rotatable bonds is 4. The Morgan fingerprint density at radius 2 is 2.13 bits per heavy atom. The van der Waals surface area contributed by atoms with Crippen molar-refractivity contribution in [1.29, 1.82) is 0 Å². The minimum Gasteiger partial charge on any atom is -0.393 e. The summed E-state index contributed by atoms with van der Waals surface area (Å²) in [6.45, 7) is 8.93. The van der Waals surface area contributed by atoms with Gasteiger partial charge in [0.15, 0.2) is 0 Å². The van der Waals surface area contributed by atoms with E-state index < -0.39 is 0 Å². The Morgan fingerprint density at radius 1 is 1.40 bits per heavy atom. The van der Waals surface area contributed by atoms with Gasteiger partial charge >= 0.3 is 0 Å². The van der Waals surface area contributed by atoms with Crippen LogP contribution in [-0.4, -0.2) is 60.3 Å². The van der Waals surface area contributed by atoms with Gasteiger partial charge in [-0.1, -0.05) is 0 Å². The van der Waals surface area contributed by atoms with Crippen LogP contribution >= 0.6 is 0 Å². The van der Waals surface area contributed by atoms with Gasteiger partial charge in [0.25, 0.3) is 0 Å². The Balaban J connectivity index is 2.26. The lowest BCUT2D eigenvalue weighted by atomic mass is 10.2. The highest BCUT2D eigenvalue weighted by Crippen LogP contribution is 2.10. The molecule has 1 saturated heterocycles. The molecule has 0 spiro atoms. The third-order valence-electron chi connectivity index (χ3n) is 3.25. The van der Waals surface area contributed by atoms with E-state index in [1.807, 2.05) is 6.92 Å². The minimum absolute atomic E-state index is 0.144. The first-order valence-electron chi connectivity index (χ1n) is 6.20. The van der Waals surface area contributed by atoms with Crippen LogP contribution in [0.4, 0.5) is 0 Å². The Morgan fingerprint density at radius 3 is 2.80 bits per heavy atom. The molecule has 2 unspecified atom stereocenters. The molecule has 0 aromatic heterocycles. The minimum atomic E-state index is -0.144. The second kappa shape index (κ2) is 6.46. The quantitative estimate of drug-likeness (QED) is 0.761. The standard InChI is InChI=1S/C12H26N2O/c1-11-10-13(3)7-5-9-14(11)8-4-6-12(2)15/h11-12,15H,4-10H2,1-3H3. The zero-order valence-electron chi connectivity index (χ0n) is 10.4. The van der Waals surface area contributed by atoms with Crippen LogP contribution in [-0.2, 0) is 0 Å². The van der Waals surface area contributed by atoms with Crippen LogP contribution in [0.25, 0.3) is 0 Å². The van der Waals surface area contributed by atoms with Crippen molar-refractivity contribution in [3.63, 3.8) is 0 Å². The van der Waals surface area contributed by atoms with E-state index in [-0.39, 0.29) is 6.10 Å². The molecule has 3 heteroatoms. The molecule has 1 aliphatic rings. The SMILES string of the molecule is CC(O)CCCN1CCCN(C)CC1C. The van der Waals surface area contributed by atoms with Crippen LogP contribution in [0.15, 0.2) is 0 Å². The summed E-state index contributed by atoms with van der Waals surface area (Å²) in [7, 11) is 2.20. The lowest BCUT2D eigenvalue weighted by Gasteiger charge is -2.27. The highest BCUT2D eigenvalue weighted by molar-refractivity contribution is 4.75. The molecule has 90 valence electrons. The van der Waals surface area contributed by atoms with Crippen molar-refractivity contribution in [3.8, 4) is 0 Å². The molecule has 1 rings (SSSR count). The third kappa shape index (κ3) is 4.96.